The Kier molecular flexibility index (Phi) is 3.82. The molecule has 1 fully saturated rings. The second-order valence-corrected chi connectivity index (χ2v) is 4.79. The van der Waals surface area contributed by atoms with Gasteiger partial charge in [-0.1, -0.05) is 0 Å². The molecule has 22 heavy (non-hydrogen) atoms. The number of nitrogens with zero attached hydrogens (tertiary/aromatic N) is 1. The number of carbonyl (C=O) groups excluding carboxylic acids is 2. The number of carbonyl (C=O) groups is 2. The lowest BCUT2D eigenvalue weighted by Gasteiger charge is -2.30. The fraction of sp³-hybridized carbons (Fsp3) is 0.214. The first-order valence-corrected chi connectivity index (χ1v) is 6.06. The standard InChI is InChI=1S/C14H10F2N2O4/c1-14(2)21-12(19)11(13(20)22-14)10(6-17)18-9-4-3-7(15)5-8(9)16/h3-5,18H,1-2H3. The molecule has 0 saturated carbocycles. The molecule has 1 saturated heterocycles. The van der Waals surface area contributed by atoms with Crippen LogP contribution in [0.3, 0.4) is 0 Å². The molecular formula is C14H10F2N2O4. The van der Waals surface area contributed by atoms with Gasteiger partial charge in [-0.3, -0.25) is 0 Å². The van der Waals surface area contributed by atoms with Gasteiger partial charge in [0.1, 0.15) is 23.4 Å². The van der Waals surface area contributed by atoms with Crippen LogP contribution in [0, 0.1) is 23.0 Å². The van der Waals surface area contributed by atoms with Gasteiger partial charge in [0.05, 0.1) is 5.69 Å². The molecule has 0 aromatic heterocycles. The van der Waals surface area contributed by atoms with Gasteiger partial charge in [0.25, 0.3) is 5.79 Å². The fourth-order valence-corrected chi connectivity index (χ4v) is 1.73. The number of nitrogens with one attached hydrogen (secondary N) is 1. The zero-order chi connectivity index (χ0) is 16.5. The minimum absolute atomic E-state index is 0.282. The van der Waals surface area contributed by atoms with Gasteiger partial charge < -0.3 is 14.8 Å². The predicted octanol–water partition coefficient (Wildman–Crippen LogP) is 1.99. The van der Waals surface area contributed by atoms with Crippen LogP contribution in [-0.4, -0.2) is 17.7 Å². The van der Waals surface area contributed by atoms with E-state index < -0.39 is 40.6 Å². The zero-order valence-corrected chi connectivity index (χ0v) is 11.6. The van der Waals surface area contributed by atoms with Crippen LogP contribution in [0.25, 0.3) is 0 Å². The number of hydrogen-bond donors (Lipinski definition) is 1. The SMILES string of the molecule is CC1(C)OC(=O)C(=C(C#N)Nc2ccc(F)cc2F)C(=O)O1. The summed E-state index contributed by atoms with van der Waals surface area (Å²) >= 11 is 0. The lowest BCUT2D eigenvalue weighted by atomic mass is 10.1. The molecule has 1 aromatic carbocycles. The molecule has 1 aliphatic heterocycles. The average Bonchev–Trinajstić information content (AvgIpc) is 2.37. The van der Waals surface area contributed by atoms with E-state index in [0.29, 0.717) is 6.07 Å². The number of hydrogen-bond acceptors (Lipinski definition) is 6. The van der Waals surface area contributed by atoms with Gasteiger partial charge in [-0.2, -0.15) is 5.26 Å². The van der Waals surface area contributed by atoms with E-state index in [0.717, 1.165) is 12.1 Å². The molecular weight excluding hydrogens is 298 g/mol. The molecule has 1 N–H and O–H groups in total. The lowest BCUT2D eigenvalue weighted by Crippen LogP contribution is -2.42. The van der Waals surface area contributed by atoms with Crippen molar-refractivity contribution in [3.63, 3.8) is 0 Å². The van der Waals surface area contributed by atoms with Gasteiger partial charge in [0, 0.05) is 19.9 Å². The van der Waals surface area contributed by atoms with E-state index in [4.69, 9.17) is 14.7 Å². The average molecular weight is 308 g/mol. The van der Waals surface area contributed by atoms with Crippen molar-refractivity contribution in [1.82, 2.24) is 0 Å². The molecule has 0 aliphatic carbocycles. The highest BCUT2D eigenvalue weighted by molar-refractivity contribution is 6.16. The summed E-state index contributed by atoms with van der Waals surface area (Å²) in [6.45, 7) is 2.69. The molecule has 0 unspecified atom stereocenters. The van der Waals surface area contributed by atoms with Crippen LogP contribution in [-0.2, 0) is 19.1 Å². The Labute approximate surface area is 123 Å². The first-order valence-electron chi connectivity index (χ1n) is 6.06. The van der Waals surface area contributed by atoms with E-state index in [1.54, 1.807) is 6.07 Å². The number of nitriles is 1. The van der Waals surface area contributed by atoms with Gasteiger partial charge in [-0.05, 0) is 12.1 Å². The number of anilines is 1. The highest BCUT2D eigenvalue weighted by atomic mass is 19.1. The summed E-state index contributed by atoms with van der Waals surface area (Å²) in [5, 5.41) is 11.3. The van der Waals surface area contributed by atoms with E-state index in [2.05, 4.69) is 5.32 Å². The van der Waals surface area contributed by atoms with Crippen LogP contribution in [0.1, 0.15) is 13.8 Å². The largest absolute Gasteiger partial charge is 0.419 e. The first kappa shape index (κ1) is 15.4. The summed E-state index contributed by atoms with van der Waals surface area (Å²) < 4.78 is 36.1. The van der Waals surface area contributed by atoms with E-state index in [9.17, 15) is 18.4 Å². The van der Waals surface area contributed by atoms with Crippen LogP contribution < -0.4 is 5.32 Å². The van der Waals surface area contributed by atoms with E-state index in [1.165, 1.54) is 13.8 Å². The normalized spacial score (nSPS) is 16.4. The van der Waals surface area contributed by atoms with Crippen molar-refractivity contribution < 1.29 is 27.8 Å². The Morgan fingerprint density at radius 2 is 1.82 bits per heavy atom. The molecule has 1 aromatic rings. The van der Waals surface area contributed by atoms with Crippen LogP contribution in [0.5, 0.6) is 0 Å². The Morgan fingerprint density at radius 3 is 2.32 bits per heavy atom. The Morgan fingerprint density at radius 1 is 1.23 bits per heavy atom. The topological polar surface area (TPSA) is 88.4 Å². The smallest absolute Gasteiger partial charge is 0.351 e. The summed E-state index contributed by atoms with van der Waals surface area (Å²) in [6.07, 6.45) is 0. The summed E-state index contributed by atoms with van der Waals surface area (Å²) in [6, 6.07) is 4.11. The number of cyclic esters (lactones) is 2. The maximum Gasteiger partial charge on any atom is 0.351 e. The number of rotatable bonds is 2. The van der Waals surface area contributed by atoms with Gasteiger partial charge in [0.2, 0.25) is 0 Å². The molecule has 114 valence electrons. The highest BCUT2D eigenvalue weighted by Gasteiger charge is 2.41. The quantitative estimate of drug-likeness (QED) is 0.389. The van der Waals surface area contributed by atoms with Crippen LogP contribution in [0.15, 0.2) is 29.5 Å². The van der Waals surface area contributed by atoms with Gasteiger partial charge in [-0.15, -0.1) is 0 Å². The van der Waals surface area contributed by atoms with Gasteiger partial charge in [0.15, 0.2) is 5.57 Å². The van der Waals surface area contributed by atoms with Crippen LogP contribution >= 0.6 is 0 Å². The van der Waals surface area contributed by atoms with Crippen molar-refractivity contribution in [2.75, 3.05) is 5.32 Å². The molecule has 8 heteroatoms. The molecule has 0 atom stereocenters. The monoisotopic (exact) mass is 308 g/mol. The summed E-state index contributed by atoms with van der Waals surface area (Å²) in [5.41, 5.74) is -1.53. The van der Waals surface area contributed by atoms with Crippen molar-refractivity contribution in [2.45, 2.75) is 19.6 Å². The fourth-order valence-electron chi connectivity index (χ4n) is 1.73. The number of halogens is 2. The highest BCUT2D eigenvalue weighted by Crippen LogP contribution is 2.26. The second kappa shape index (κ2) is 5.44. The van der Waals surface area contributed by atoms with Crippen molar-refractivity contribution in [3.05, 3.63) is 41.1 Å². The van der Waals surface area contributed by atoms with Crippen molar-refractivity contribution >= 4 is 17.6 Å². The molecule has 0 amide bonds. The maximum absolute atomic E-state index is 13.6. The zero-order valence-electron chi connectivity index (χ0n) is 11.6. The Hall–Kier alpha value is -2.95. The van der Waals surface area contributed by atoms with Crippen molar-refractivity contribution in [2.24, 2.45) is 0 Å². The van der Waals surface area contributed by atoms with Crippen LogP contribution in [0.2, 0.25) is 0 Å². The predicted molar refractivity (Wildman–Crippen MR) is 68.9 cm³/mol. The molecule has 2 rings (SSSR count). The number of benzene rings is 1. The number of allylic oxidation sites excluding steroid dienone is 1. The molecule has 0 radical (unpaired) electrons. The molecule has 1 aliphatic rings. The summed E-state index contributed by atoms with van der Waals surface area (Å²) in [4.78, 5) is 23.6. The number of esters is 2. The van der Waals surface area contributed by atoms with Gasteiger partial charge in [-0.25, -0.2) is 18.4 Å². The molecule has 0 bridgehead atoms. The number of ether oxygens (including phenoxy) is 2. The third-order valence-electron chi connectivity index (χ3n) is 2.64. The lowest BCUT2D eigenvalue weighted by molar-refractivity contribution is -0.222. The summed E-state index contributed by atoms with van der Waals surface area (Å²) in [5.74, 6) is -5.42. The Balaban J connectivity index is 2.41. The molecule has 0 spiro atoms. The molecule has 6 nitrogen and oxygen atoms in total. The van der Waals surface area contributed by atoms with Gasteiger partial charge >= 0.3 is 11.9 Å². The Bertz CT molecular complexity index is 713. The molecule has 1 heterocycles. The minimum Gasteiger partial charge on any atom is -0.419 e. The van der Waals surface area contributed by atoms with E-state index in [-0.39, 0.29) is 5.69 Å². The van der Waals surface area contributed by atoms with Crippen molar-refractivity contribution in [3.8, 4) is 6.07 Å². The minimum atomic E-state index is -1.46. The van der Waals surface area contributed by atoms with E-state index in [1.807, 2.05) is 0 Å². The summed E-state index contributed by atoms with van der Waals surface area (Å²) in [7, 11) is 0. The first-order chi connectivity index (χ1) is 10.2. The van der Waals surface area contributed by atoms with Crippen molar-refractivity contribution in [1.29, 1.82) is 5.26 Å². The third kappa shape index (κ3) is 3.03. The van der Waals surface area contributed by atoms with Crippen LogP contribution in [0.4, 0.5) is 14.5 Å². The second-order valence-electron chi connectivity index (χ2n) is 4.79. The third-order valence-corrected chi connectivity index (χ3v) is 2.64. The maximum atomic E-state index is 13.6. The van der Waals surface area contributed by atoms with E-state index >= 15 is 0 Å².